The number of para-hydroxylation sites is 1. The van der Waals surface area contributed by atoms with E-state index >= 15 is 0 Å². The standard InChI is InChI=1S/C26H24BrN3O3/c1-28-25(32)18-6-4-5-16(11-18)17-9-10-23(27)22(13-17)26(33)30-20(15-31)12-19-14-29-24-8-3-2-7-21(19)24/h2-11,13-14,20,29,31H,12,15H2,1H3,(H,28,32)(H,30,33)/t20-/m1/s1. The van der Waals surface area contributed by atoms with Crippen molar-refractivity contribution in [1.82, 2.24) is 15.6 Å². The average Bonchev–Trinajstić information content (AvgIpc) is 3.26. The van der Waals surface area contributed by atoms with E-state index in [9.17, 15) is 14.7 Å². The fourth-order valence-electron chi connectivity index (χ4n) is 3.85. The molecule has 0 spiro atoms. The van der Waals surface area contributed by atoms with Crippen molar-refractivity contribution in [3.8, 4) is 11.1 Å². The number of aliphatic hydroxyl groups excluding tert-OH is 1. The molecule has 0 radical (unpaired) electrons. The van der Waals surface area contributed by atoms with Gasteiger partial charge in [-0.15, -0.1) is 0 Å². The highest BCUT2D eigenvalue weighted by atomic mass is 79.9. The quantitative estimate of drug-likeness (QED) is 0.301. The van der Waals surface area contributed by atoms with E-state index < -0.39 is 6.04 Å². The fourth-order valence-corrected chi connectivity index (χ4v) is 4.28. The fraction of sp³-hybridized carbons (Fsp3) is 0.154. The highest BCUT2D eigenvalue weighted by Gasteiger charge is 2.18. The number of hydrogen-bond donors (Lipinski definition) is 4. The lowest BCUT2D eigenvalue weighted by atomic mass is 10.00. The molecule has 2 amide bonds. The normalized spacial score (nSPS) is 11.8. The average molecular weight is 506 g/mol. The molecule has 4 rings (SSSR count). The lowest BCUT2D eigenvalue weighted by Gasteiger charge is -2.17. The molecule has 0 saturated carbocycles. The number of hydrogen-bond acceptors (Lipinski definition) is 3. The minimum Gasteiger partial charge on any atom is -0.394 e. The smallest absolute Gasteiger partial charge is 0.252 e. The topological polar surface area (TPSA) is 94.2 Å². The van der Waals surface area contributed by atoms with Gasteiger partial charge in [-0.3, -0.25) is 9.59 Å². The van der Waals surface area contributed by atoms with E-state index in [1.165, 1.54) is 0 Å². The Morgan fingerprint density at radius 1 is 1.00 bits per heavy atom. The zero-order valence-electron chi connectivity index (χ0n) is 18.1. The summed E-state index contributed by atoms with van der Waals surface area (Å²) in [7, 11) is 1.59. The number of rotatable bonds is 7. The Kier molecular flexibility index (Phi) is 6.91. The maximum Gasteiger partial charge on any atom is 0.252 e. The van der Waals surface area contributed by atoms with E-state index in [1.54, 1.807) is 25.2 Å². The molecule has 6 nitrogen and oxygen atoms in total. The van der Waals surface area contributed by atoms with Crippen LogP contribution in [0, 0.1) is 0 Å². The second kappa shape index (κ2) is 10.0. The van der Waals surface area contributed by atoms with Gasteiger partial charge in [0.25, 0.3) is 11.8 Å². The van der Waals surface area contributed by atoms with Gasteiger partial charge >= 0.3 is 0 Å². The summed E-state index contributed by atoms with van der Waals surface area (Å²) in [6.45, 7) is -0.184. The second-order valence-electron chi connectivity index (χ2n) is 7.77. The number of aliphatic hydroxyl groups is 1. The molecule has 33 heavy (non-hydrogen) atoms. The van der Waals surface area contributed by atoms with Crippen LogP contribution in [0.3, 0.4) is 0 Å². The Bertz CT molecular complexity index is 1320. The van der Waals surface area contributed by atoms with Gasteiger partial charge in [0.15, 0.2) is 0 Å². The van der Waals surface area contributed by atoms with Crippen molar-refractivity contribution in [3.63, 3.8) is 0 Å². The van der Waals surface area contributed by atoms with Crippen molar-refractivity contribution in [2.24, 2.45) is 0 Å². The molecular formula is C26H24BrN3O3. The third-order valence-corrected chi connectivity index (χ3v) is 6.28. The summed E-state index contributed by atoms with van der Waals surface area (Å²) in [5.41, 5.74) is 4.69. The first-order valence-electron chi connectivity index (χ1n) is 10.6. The van der Waals surface area contributed by atoms with Crippen LogP contribution >= 0.6 is 15.9 Å². The summed E-state index contributed by atoms with van der Waals surface area (Å²) >= 11 is 3.47. The number of benzene rings is 3. The first-order chi connectivity index (χ1) is 16.0. The van der Waals surface area contributed by atoms with Gasteiger partial charge in [0.2, 0.25) is 0 Å². The highest BCUT2D eigenvalue weighted by molar-refractivity contribution is 9.10. The van der Waals surface area contributed by atoms with Crippen LogP contribution in [0.1, 0.15) is 26.3 Å². The van der Waals surface area contributed by atoms with Gasteiger partial charge in [-0.2, -0.15) is 0 Å². The predicted octanol–water partition coefficient (Wildman–Crippen LogP) is 4.29. The van der Waals surface area contributed by atoms with E-state index in [0.29, 0.717) is 22.0 Å². The third kappa shape index (κ3) is 4.99. The molecule has 0 fully saturated rings. The van der Waals surface area contributed by atoms with Gasteiger partial charge < -0.3 is 20.7 Å². The van der Waals surface area contributed by atoms with Gasteiger partial charge in [-0.1, -0.05) is 36.4 Å². The lowest BCUT2D eigenvalue weighted by Crippen LogP contribution is -2.39. The van der Waals surface area contributed by atoms with Crippen molar-refractivity contribution in [2.75, 3.05) is 13.7 Å². The van der Waals surface area contributed by atoms with E-state index in [1.807, 2.05) is 54.7 Å². The number of H-pyrrole nitrogens is 1. The second-order valence-corrected chi connectivity index (χ2v) is 8.63. The van der Waals surface area contributed by atoms with Gasteiger partial charge in [0, 0.05) is 34.2 Å². The molecule has 0 aliphatic carbocycles. The van der Waals surface area contributed by atoms with E-state index in [2.05, 4.69) is 31.5 Å². The van der Waals surface area contributed by atoms with E-state index in [-0.39, 0.29) is 18.4 Å². The molecule has 0 saturated heterocycles. The highest BCUT2D eigenvalue weighted by Crippen LogP contribution is 2.27. The molecule has 168 valence electrons. The van der Waals surface area contributed by atoms with Crippen LogP contribution in [0.5, 0.6) is 0 Å². The number of halogens is 1. The monoisotopic (exact) mass is 505 g/mol. The zero-order chi connectivity index (χ0) is 23.4. The molecule has 1 atom stereocenters. The Morgan fingerprint density at radius 2 is 1.79 bits per heavy atom. The predicted molar refractivity (Wildman–Crippen MR) is 133 cm³/mol. The number of fused-ring (bicyclic) bond motifs is 1. The zero-order valence-corrected chi connectivity index (χ0v) is 19.6. The van der Waals surface area contributed by atoms with E-state index in [0.717, 1.165) is 27.6 Å². The molecule has 1 heterocycles. The summed E-state index contributed by atoms with van der Waals surface area (Å²) in [5.74, 6) is -0.458. The first-order valence-corrected chi connectivity index (χ1v) is 11.4. The van der Waals surface area contributed by atoms with Gasteiger partial charge in [-0.25, -0.2) is 0 Å². The molecule has 0 aliphatic rings. The number of carbonyl (C=O) groups excluding carboxylic acids is 2. The maximum absolute atomic E-state index is 13.1. The van der Waals surface area contributed by atoms with Crippen molar-refractivity contribution < 1.29 is 14.7 Å². The molecule has 3 aromatic carbocycles. The van der Waals surface area contributed by atoms with Crippen molar-refractivity contribution in [1.29, 1.82) is 0 Å². The van der Waals surface area contributed by atoms with Crippen LogP contribution in [0.2, 0.25) is 0 Å². The van der Waals surface area contributed by atoms with Crippen molar-refractivity contribution >= 4 is 38.6 Å². The summed E-state index contributed by atoms with van der Waals surface area (Å²) in [5, 5.41) is 16.6. The maximum atomic E-state index is 13.1. The molecule has 4 aromatic rings. The largest absolute Gasteiger partial charge is 0.394 e. The SMILES string of the molecule is CNC(=O)c1cccc(-c2ccc(Br)c(C(=O)N[C@@H](CO)Cc3c[nH]c4ccccc34)c2)c1. The summed E-state index contributed by atoms with van der Waals surface area (Å²) < 4.78 is 0.648. The number of nitrogens with one attached hydrogen (secondary N) is 3. The Labute approximate surface area is 200 Å². The molecular weight excluding hydrogens is 482 g/mol. The summed E-state index contributed by atoms with van der Waals surface area (Å²) in [6.07, 6.45) is 2.41. The molecule has 0 unspecified atom stereocenters. The van der Waals surface area contributed by atoms with Crippen molar-refractivity contribution in [2.45, 2.75) is 12.5 Å². The minimum atomic E-state index is -0.441. The molecule has 7 heteroatoms. The van der Waals surface area contributed by atoms with Crippen molar-refractivity contribution in [3.05, 3.63) is 94.1 Å². The molecule has 1 aromatic heterocycles. The number of amides is 2. The van der Waals surface area contributed by atoms with Crippen LogP contribution in [0.15, 0.2) is 77.4 Å². The summed E-state index contributed by atoms with van der Waals surface area (Å²) in [6, 6.07) is 20.2. The summed E-state index contributed by atoms with van der Waals surface area (Å²) in [4.78, 5) is 28.3. The van der Waals surface area contributed by atoms with Crippen LogP contribution in [0.4, 0.5) is 0 Å². The van der Waals surface area contributed by atoms with Crippen LogP contribution in [0.25, 0.3) is 22.0 Å². The van der Waals surface area contributed by atoms with Gasteiger partial charge in [0.05, 0.1) is 18.2 Å². The Hall–Kier alpha value is -3.42. The number of aromatic amines is 1. The van der Waals surface area contributed by atoms with Crippen LogP contribution < -0.4 is 10.6 Å². The molecule has 0 aliphatic heterocycles. The molecule has 4 N–H and O–H groups in total. The van der Waals surface area contributed by atoms with Gasteiger partial charge in [-0.05, 0) is 69.4 Å². The number of carbonyl (C=O) groups is 2. The van der Waals surface area contributed by atoms with Gasteiger partial charge in [0.1, 0.15) is 0 Å². The third-order valence-electron chi connectivity index (χ3n) is 5.59. The van der Waals surface area contributed by atoms with Crippen LogP contribution in [-0.4, -0.2) is 41.6 Å². The van der Waals surface area contributed by atoms with E-state index in [4.69, 9.17) is 0 Å². The number of aromatic nitrogens is 1. The minimum absolute atomic E-state index is 0.171. The lowest BCUT2D eigenvalue weighted by molar-refractivity contribution is 0.0914. The molecule has 0 bridgehead atoms. The Morgan fingerprint density at radius 3 is 2.58 bits per heavy atom. The van der Waals surface area contributed by atoms with Crippen LogP contribution in [-0.2, 0) is 6.42 Å². The first kappa shape index (κ1) is 22.8. The Balaban J connectivity index is 1.56.